The van der Waals surface area contributed by atoms with Crippen molar-refractivity contribution in [1.29, 1.82) is 0 Å². The Hall–Kier alpha value is -2.20. The SMILES string of the molecule is CCNc1cc(C)nc(NCCNS(=O)(=O)c2c(C)n[nH]c2C)n1. The van der Waals surface area contributed by atoms with E-state index in [0.717, 1.165) is 18.1 Å². The summed E-state index contributed by atoms with van der Waals surface area (Å²) in [4.78, 5) is 8.78. The highest BCUT2D eigenvalue weighted by atomic mass is 32.2. The molecule has 0 spiro atoms. The average molecular weight is 353 g/mol. The summed E-state index contributed by atoms with van der Waals surface area (Å²) in [6.07, 6.45) is 0. The zero-order valence-corrected chi connectivity index (χ0v) is 15.1. The van der Waals surface area contributed by atoms with Crippen LogP contribution in [0, 0.1) is 20.8 Å². The molecule has 2 heterocycles. The lowest BCUT2D eigenvalue weighted by molar-refractivity contribution is 0.581. The van der Waals surface area contributed by atoms with E-state index in [0.29, 0.717) is 23.9 Å². The summed E-state index contributed by atoms with van der Waals surface area (Å²) in [5, 5.41) is 12.7. The molecular weight excluding hydrogens is 330 g/mol. The van der Waals surface area contributed by atoms with Crippen LogP contribution in [0.15, 0.2) is 11.0 Å². The fourth-order valence-electron chi connectivity index (χ4n) is 2.29. The van der Waals surface area contributed by atoms with Gasteiger partial charge in [0.25, 0.3) is 0 Å². The van der Waals surface area contributed by atoms with Gasteiger partial charge in [0, 0.05) is 31.4 Å². The van der Waals surface area contributed by atoms with E-state index >= 15 is 0 Å². The molecule has 2 rings (SSSR count). The van der Waals surface area contributed by atoms with Gasteiger partial charge >= 0.3 is 0 Å². The van der Waals surface area contributed by atoms with Crippen molar-refractivity contribution < 1.29 is 8.42 Å². The highest BCUT2D eigenvalue weighted by Crippen LogP contribution is 2.15. The third-order valence-corrected chi connectivity index (χ3v) is 4.96. The average Bonchev–Trinajstić information content (AvgIpc) is 2.83. The largest absolute Gasteiger partial charge is 0.370 e. The van der Waals surface area contributed by atoms with Crippen molar-refractivity contribution in [1.82, 2.24) is 24.9 Å². The third-order valence-electron chi connectivity index (χ3n) is 3.24. The predicted octanol–water partition coefficient (Wildman–Crippen LogP) is 0.947. The van der Waals surface area contributed by atoms with E-state index in [9.17, 15) is 8.42 Å². The fraction of sp³-hybridized carbons (Fsp3) is 0.500. The van der Waals surface area contributed by atoms with Crippen LogP contribution in [0.3, 0.4) is 0 Å². The van der Waals surface area contributed by atoms with Gasteiger partial charge in [0.05, 0.1) is 11.4 Å². The van der Waals surface area contributed by atoms with Crippen molar-refractivity contribution in [3.05, 3.63) is 23.1 Å². The Balaban J connectivity index is 1.93. The first kappa shape index (κ1) is 18.1. The van der Waals surface area contributed by atoms with E-state index in [1.807, 2.05) is 19.9 Å². The second-order valence-corrected chi connectivity index (χ2v) is 7.04. The molecule has 0 aliphatic carbocycles. The smallest absolute Gasteiger partial charge is 0.244 e. The molecule has 9 nitrogen and oxygen atoms in total. The molecule has 0 amide bonds. The minimum absolute atomic E-state index is 0.198. The van der Waals surface area contributed by atoms with E-state index in [2.05, 4.69) is 35.5 Å². The number of aryl methyl sites for hydroxylation is 3. The van der Waals surface area contributed by atoms with E-state index in [4.69, 9.17) is 0 Å². The quantitative estimate of drug-likeness (QED) is 0.521. The lowest BCUT2D eigenvalue weighted by Crippen LogP contribution is -2.30. The van der Waals surface area contributed by atoms with Crippen molar-refractivity contribution in [3.63, 3.8) is 0 Å². The maximum atomic E-state index is 12.3. The predicted molar refractivity (Wildman–Crippen MR) is 92.7 cm³/mol. The van der Waals surface area contributed by atoms with Crippen LogP contribution in [-0.4, -0.2) is 48.2 Å². The molecule has 0 aliphatic heterocycles. The molecule has 4 N–H and O–H groups in total. The van der Waals surface area contributed by atoms with Gasteiger partial charge in [-0.1, -0.05) is 0 Å². The van der Waals surface area contributed by atoms with E-state index in [-0.39, 0.29) is 11.4 Å². The molecule has 0 saturated carbocycles. The number of hydrogen-bond donors (Lipinski definition) is 4. The van der Waals surface area contributed by atoms with Gasteiger partial charge in [-0.25, -0.2) is 18.1 Å². The number of nitrogens with one attached hydrogen (secondary N) is 4. The Kier molecular flexibility index (Phi) is 5.73. The Morgan fingerprint density at radius 2 is 1.88 bits per heavy atom. The number of sulfonamides is 1. The second kappa shape index (κ2) is 7.58. The Morgan fingerprint density at radius 1 is 1.12 bits per heavy atom. The van der Waals surface area contributed by atoms with Crippen LogP contribution < -0.4 is 15.4 Å². The molecule has 0 radical (unpaired) electrons. The Morgan fingerprint density at radius 3 is 2.50 bits per heavy atom. The summed E-state index contributed by atoms with van der Waals surface area (Å²) in [5.41, 5.74) is 1.80. The van der Waals surface area contributed by atoms with Crippen molar-refractivity contribution in [2.75, 3.05) is 30.3 Å². The van der Waals surface area contributed by atoms with Crippen LogP contribution in [0.4, 0.5) is 11.8 Å². The van der Waals surface area contributed by atoms with Crippen LogP contribution in [0.1, 0.15) is 24.0 Å². The molecule has 0 fully saturated rings. The second-order valence-electron chi connectivity index (χ2n) is 5.34. The lowest BCUT2D eigenvalue weighted by atomic mass is 10.4. The number of aromatic amines is 1. The molecule has 24 heavy (non-hydrogen) atoms. The normalized spacial score (nSPS) is 11.5. The third kappa shape index (κ3) is 4.42. The van der Waals surface area contributed by atoms with Gasteiger partial charge in [-0.15, -0.1) is 0 Å². The van der Waals surface area contributed by atoms with Crippen molar-refractivity contribution in [2.24, 2.45) is 0 Å². The molecule has 0 atom stereocenters. The summed E-state index contributed by atoms with van der Waals surface area (Å²) in [6, 6.07) is 1.85. The van der Waals surface area contributed by atoms with E-state index < -0.39 is 10.0 Å². The van der Waals surface area contributed by atoms with Gasteiger partial charge in [-0.3, -0.25) is 5.10 Å². The highest BCUT2D eigenvalue weighted by Gasteiger charge is 2.21. The highest BCUT2D eigenvalue weighted by molar-refractivity contribution is 7.89. The van der Waals surface area contributed by atoms with Gasteiger partial charge in [0.1, 0.15) is 10.7 Å². The maximum absolute atomic E-state index is 12.3. The standard InChI is InChI=1S/C14H23N7O2S/c1-5-15-12-8-9(2)18-14(19-12)16-6-7-17-24(22,23)13-10(3)20-21-11(13)4/h8,17H,5-7H2,1-4H3,(H,20,21)(H2,15,16,18,19). The van der Waals surface area contributed by atoms with Crippen molar-refractivity contribution in [3.8, 4) is 0 Å². The fourth-order valence-corrected chi connectivity index (χ4v) is 3.69. The van der Waals surface area contributed by atoms with Crippen molar-refractivity contribution >= 4 is 21.8 Å². The first-order chi connectivity index (χ1) is 11.3. The van der Waals surface area contributed by atoms with Gasteiger partial charge in [0.15, 0.2) is 0 Å². The first-order valence-electron chi connectivity index (χ1n) is 7.68. The zero-order valence-electron chi connectivity index (χ0n) is 14.3. The van der Waals surface area contributed by atoms with Crippen LogP contribution in [0.25, 0.3) is 0 Å². The molecule has 132 valence electrons. The van der Waals surface area contributed by atoms with Gasteiger partial charge < -0.3 is 10.6 Å². The number of H-pyrrole nitrogens is 1. The first-order valence-corrected chi connectivity index (χ1v) is 9.16. The summed E-state index contributed by atoms with van der Waals surface area (Å²) < 4.78 is 27.1. The number of rotatable bonds is 8. The number of nitrogens with zero attached hydrogens (tertiary/aromatic N) is 3. The monoisotopic (exact) mass is 353 g/mol. The van der Waals surface area contributed by atoms with Crippen molar-refractivity contribution in [2.45, 2.75) is 32.6 Å². The van der Waals surface area contributed by atoms with Gasteiger partial charge in [-0.05, 0) is 27.7 Å². The number of hydrogen-bond acceptors (Lipinski definition) is 7. The maximum Gasteiger partial charge on any atom is 0.244 e. The molecule has 2 aromatic heterocycles. The molecule has 0 aromatic carbocycles. The Bertz CT molecular complexity index is 782. The molecule has 0 aliphatic rings. The molecule has 10 heteroatoms. The van der Waals surface area contributed by atoms with Gasteiger partial charge in [-0.2, -0.15) is 10.1 Å². The Labute approximate surface area is 141 Å². The molecule has 0 saturated heterocycles. The molecular formula is C14H23N7O2S. The molecule has 0 unspecified atom stereocenters. The lowest BCUT2D eigenvalue weighted by Gasteiger charge is -2.10. The van der Waals surface area contributed by atoms with E-state index in [1.54, 1.807) is 13.8 Å². The summed E-state index contributed by atoms with van der Waals surface area (Å²) >= 11 is 0. The van der Waals surface area contributed by atoms with Crippen LogP contribution in [0.2, 0.25) is 0 Å². The number of aromatic nitrogens is 4. The summed E-state index contributed by atoms with van der Waals surface area (Å²) in [6.45, 7) is 8.53. The number of anilines is 2. The topological polar surface area (TPSA) is 125 Å². The van der Waals surface area contributed by atoms with Crippen LogP contribution in [-0.2, 0) is 10.0 Å². The summed E-state index contributed by atoms with van der Waals surface area (Å²) in [5.74, 6) is 1.19. The minimum atomic E-state index is -3.59. The van der Waals surface area contributed by atoms with Crippen LogP contribution in [0.5, 0.6) is 0 Å². The van der Waals surface area contributed by atoms with E-state index in [1.165, 1.54) is 0 Å². The molecule has 0 bridgehead atoms. The summed E-state index contributed by atoms with van der Waals surface area (Å²) in [7, 11) is -3.59. The van der Waals surface area contributed by atoms with Gasteiger partial charge in [0.2, 0.25) is 16.0 Å². The molecule has 2 aromatic rings. The zero-order chi connectivity index (χ0) is 17.7. The minimum Gasteiger partial charge on any atom is -0.370 e. The van der Waals surface area contributed by atoms with Crippen LogP contribution >= 0.6 is 0 Å².